The maximum atomic E-state index is 9.83. The topological polar surface area (TPSA) is 46.2 Å². The van der Waals surface area contributed by atoms with Crippen molar-refractivity contribution in [3.8, 4) is 0 Å². The smallest absolute Gasteiger partial charge is 0.0582 e. The van der Waals surface area contributed by atoms with E-state index in [-0.39, 0.29) is 12.0 Å². The largest absolute Gasteiger partial charge is 0.393 e. The molecule has 0 aromatic carbocycles. The van der Waals surface area contributed by atoms with Crippen LogP contribution in [0.2, 0.25) is 0 Å². The first-order chi connectivity index (χ1) is 6.13. The highest BCUT2D eigenvalue weighted by Crippen LogP contribution is 2.18. The van der Waals surface area contributed by atoms with Gasteiger partial charge >= 0.3 is 0 Å². The summed E-state index contributed by atoms with van der Waals surface area (Å²) in [5.74, 6) is 0.762. The third-order valence-electron chi connectivity index (χ3n) is 2.73. The van der Waals surface area contributed by atoms with Crippen LogP contribution in [0.1, 0.15) is 46.5 Å². The van der Waals surface area contributed by atoms with Crippen molar-refractivity contribution >= 4 is 0 Å². The van der Waals surface area contributed by atoms with Crippen molar-refractivity contribution in [2.45, 2.75) is 52.6 Å². The lowest BCUT2D eigenvalue weighted by Crippen LogP contribution is -2.31. The minimum atomic E-state index is -0.198. The Balaban J connectivity index is 3.70. The molecule has 2 nitrogen and oxygen atoms in total. The lowest BCUT2D eigenvalue weighted by Gasteiger charge is -2.24. The molecule has 2 heteroatoms. The van der Waals surface area contributed by atoms with E-state index in [9.17, 15) is 5.11 Å². The van der Waals surface area contributed by atoms with Gasteiger partial charge in [0, 0.05) is 0 Å². The summed E-state index contributed by atoms with van der Waals surface area (Å²) in [6, 6.07) is 0. The average Bonchev–Trinajstić information content (AvgIpc) is 2.05. The fourth-order valence-electron chi connectivity index (χ4n) is 1.69. The van der Waals surface area contributed by atoms with Crippen LogP contribution in [0.15, 0.2) is 0 Å². The van der Waals surface area contributed by atoms with Gasteiger partial charge < -0.3 is 10.8 Å². The lowest BCUT2D eigenvalue weighted by molar-refractivity contribution is 0.0759. The number of aliphatic hydroxyl groups excluding tert-OH is 1. The second-order valence-corrected chi connectivity index (χ2v) is 4.21. The van der Waals surface area contributed by atoms with Crippen LogP contribution in [0.25, 0.3) is 0 Å². The maximum absolute atomic E-state index is 9.83. The van der Waals surface area contributed by atoms with Gasteiger partial charge in [-0.15, -0.1) is 0 Å². The summed E-state index contributed by atoms with van der Waals surface area (Å²) in [4.78, 5) is 0. The predicted molar refractivity (Wildman–Crippen MR) is 57.5 cm³/mol. The highest BCUT2D eigenvalue weighted by atomic mass is 16.3. The molecule has 0 rings (SSSR count). The summed E-state index contributed by atoms with van der Waals surface area (Å²) in [7, 11) is 0. The number of rotatable bonds is 7. The van der Waals surface area contributed by atoms with Crippen LogP contribution < -0.4 is 5.73 Å². The van der Waals surface area contributed by atoms with Crippen LogP contribution in [-0.4, -0.2) is 17.8 Å². The zero-order valence-corrected chi connectivity index (χ0v) is 9.29. The van der Waals surface area contributed by atoms with E-state index in [2.05, 4.69) is 20.8 Å². The van der Waals surface area contributed by atoms with E-state index in [4.69, 9.17) is 5.73 Å². The quantitative estimate of drug-likeness (QED) is 0.600. The molecule has 0 aromatic heterocycles. The monoisotopic (exact) mass is 187 g/mol. The molecular formula is C11H25NO. The molecule has 0 aromatic rings. The van der Waals surface area contributed by atoms with Crippen molar-refractivity contribution in [2.24, 2.45) is 17.6 Å². The van der Waals surface area contributed by atoms with E-state index in [1.165, 1.54) is 12.8 Å². The van der Waals surface area contributed by atoms with E-state index < -0.39 is 0 Å². The first kappa shape index (κ1) is 12.9. The first-order valence-corrected chi connectivity index (χ1v) is 5.51. The summed E-state index contributed by atoms with van der Waals surface area (Å²) in [6.07, 6.45) is 4.26. The van der Waals surface area contributed by atoms with Crippen LogP contribution in [-0.2, 0) is 0 Å². The van der Waals surface area contributed by atoms with Gasteiger partial charge in [-0.05, 0) is 24.8 Å². The Hall–Kier alpha value is -0.0800. The highest BCUT2D eigenvalue weighted by Gasteiger charge is 2.20. The Morgan fingerprint density at radius 1 is 1.23 bits per heavy atom. The van der Waals surface area contributed by atoms with Crippen LogP contribution in [0, 0.1) is 11.8 Å². The van der Waals surface area contributed by atoms with Crippen molar-refractivity contribution in [1.82, 2.24) is 0 Å². The molecular weight excluding hydrogens is 162 g/mol. The summed E-state index contributed by atoms with van der Waals surface area (Å²) in [6.45, 7) is 7.03. The second kappa shape index (κ2) is 7.34. The van der Waals surface area contributed by atoms with Gasteiger partial charge in [0.25, 0.3) is 0 Å². The van der Waals surface area contributed by atoms with Crippen molar-refractivity contribution in [3.63, 3.8) is 0 Å². The zero-order chi connectivity index (χ0) is 10.3. The Kier molecular flexibility index (Phi) is 7.29. The molecule has 0 aliphatic carbocycles. The molecule has 0 spiro atoms. The fraction of sp³-hybridized carbons (Fsp3) is 1.00. The molecule has 0 saturated carbocycles. The zero-order valence-electron chi connectivity index (χ0n) is 9.29. The highest BCUT2D eigenvalue weighted by molar-refractivity contribution is 4.72. The van der Waals surface area contributed by atoms with E-state index in [0.29, 0.717) is 12.5 Å². The Morgan fingerprint density at radius 2 is 1.85 bits per heavy atom. The van der Waals surface area contributed by atoms with Gasteiger partial charge in [0.1, 0.15) is 0 Å². The fourth-order valence-corrected chi connectivity index (χ4v) is 1.69. The minimum absolute atomic E-state index is 0.198. The molecule has 0 saturated heterocycles. The van der Waals surface area contributed by atoms with Gasteiger partial charge in [0.15, 0.2) is 0 Å². The third-order valence-corrected chi connectivity index (χ3v) is 2.73. The predicted octanol–water partition coefficient (Wildman–Crippen LogP) is 2.16. The van der Waals surface area contributed by atoms with Crippen molar-refractivity contribution in [1.29, 1.82) is 0 Å². The summed E-state index contributed by atoms with van der Waals surface area (Å²) >= 11 is 0. The van der Waals surface area contributed by atoms with Crippen molar-refractivity contribution in [3.05, 3.63) is 0 Å². The first-order valence-electron chi connectivity index (χ1n) is 5.51. The van der Waals surface area contributed by atoms with Gasteiger partial charge in [-0.25, -0.2) is 0 Å². The van der Waals surface area contributed by atoms with Crippen LogP contribution in [0.4, 0.5) is 0 Å². The third kappa shape index (κ3) is 5.27. The molecule has 2 atom stereocenters. The van der Waals surface area contributed by atoms with Gasteiger partial charge in [0.2, 0.25) is 0 Å². The van der Waals surface area contributed by atoms with Gasteiger partial charge in [0.05, 0.1) is 6.10 Å². The van der Waals surface area contributed by atoms with Crippen molar-refractivity contribution in [2.75, 3.05) is 6.54 Å². The molecule has 2 unspecified atom stereocenters. The lowest BCUT2D eigenvalue weighted by atomic mass is 9.88. The van der Waals surface area contributed by atoms with Crippen LogP contribution in [0.5, 0.6) is 0 Å². The molecule has 3 N–H and O–H groups in total. The van der Waals surface area contributed by atoms with Crippen molar-refractivity contribution < 1.29 is 5.11 Å². The van der Waals surface area contributed by atoms with Gasteiger partial charge in [-0.1, -0.05) is 40.0 Å². The molecule has 0 amide bonds. The SMILES string of the molecule is CCCCCC(O)C(CN)C(C)C. The Labute approximate surface area is 82.5 Å². The van der Waals surface area contributed by atoms with Crippen LogP contribution in [0.3, 0.4) is 0 Å². The number of aliphatic hydroxyl groups is 1. The second-order valence-electron chi connectivity index (χ2n) is 4.21. The number of nitrogens with two attached hydrogens (primary N) is 1. The number of hydrogen-bond donors (Lipinski definition) is 2. The molecule has 0 bridgehead atoms. The Morgan fingerprint density at radius 3 is 2.23 bits per heavy atom. The summed E-state index contributed by atoms with van der Waals surface area (Å²) in [5.41, 5.74) is 5.62. The molecule has 0 heterocycles. The molecule has 80 valence electrons. The molecule has 13 heavy (non-hydrogen) atoms. The van der Waals surface area contributed by atoms with Gasteiger partial charge in [-0.2, -0.15) is 0 Å². The standard InChI is InChI=1S/C11H25NO/c1-4-5-6-7-11(13)10(8-12)9(2)3/h9-11,13H,4-8,12H2,1-3H3. The molecule has 0 fully saturated rings. The van der Waals surface area contributed by atoms with E-state index in [0.717, 1.165) is 12.8 Å². The van der Waals surface area contributed by atoms with E-state index in [1.807, 2.05) is 0 Å². The summed E-state index contributed by atoms with van der Waals surface area (Å²) in [5, 5.41) is 9.83. The van der Waals surface area contributed by atoms with E-state index >= 15 is 0 Å². The maximum Gasteiger partial charge on any atom is 0.0582 e. The molecule has 0 aliphatic rings. The van der Waals surface area contributed by atoms with Crippen LogP contribution >= 0.6 is 0 Å². The Bertz CT molecular complexity index is 115. The van der Waals surface area contributed by atoms with E-state index in [1.54, 1.807) is 0 Å². The van der Waals surface area contributed by atoms with Gasteiger partial charge in [-0.3, -0.25) is 0 Å². The molecule has 0 radical (unpaired) electrons. The minimum Gasteiger partial charge on any atom is -0.393 e. The normalized spacial score (nSPS) is 16.2. The average molecular weight is 187 g/mol. The number of unbranched alkanes of at least 4 members (excludes halogenated alkanes) is 2. The summed E-state index contributed by atoms with van der Waals surface area (Å²) < 4.78 is 0. The number of hydrogen-bond acceptors (Lipinski definition) is 2. The molecule has 0 aliphatic heterocycles.